The number of rotatable bonds is 8. The molecule has 2 amide bonds. The summed E-state index contributed by atoms with van der Waals surface area (Å²) in [5, 5.41) is 10.9. The molecular formula is C31H33N3O6S. The summed E-state index contributed by atoms with van der Waals surface area (Å²) in [6.45, 7) is 1.67. The lowest BCUT2D eigenvalue weighted by molar-refractivity contribution is 0.0981. The van der Waals surface area contributed by atoms with E-state index >= 15 is 0 Å². The number of hydrogen-bond donors (Lipinski definition) is 2. The van der Waals surface area contributed by atoms with Gasteiger partial charge in [0.25, 0.3) is 15.9 Å². The van der Waals surface area contributed by atoms with Crippen LogP contribution in [0.15, 0.2) is 71.8 Å². The van der Waals surface area contributed by atoms with Crippen LogP contribution in [-0.2, 0) is 23.5 Å². The number of carbonyl (C=O) groups excluding carboxylic acids is 1. The molecule has 2 N–H and O–H groups in total. The Morgan fingerprint density at radius 3 is 2.46 bits per heavy atom. The number of carboxylic acid groups (broad SMARTS) is 1. The van der Waals surface area contributed by atoms with Crippen LogP contribution in [0.25, 0.3) is 10.9 Å². The smallest absolute Gasteiger partial charge is 0.412 e. The highest BCUT2D eigenvalue weighted by Gasteiger charge is 2.28. The standard InChI is InChI=1S/C31H33N3O6S/c1-20-8-4-7-11-29(20)41(38,39)32-30(35)22-13-12-21(28(17-22)40-3)16-23-19-33(2)27-15-14-25(18-26(23)27)34(31(36)37)24-9-5-6-10-24/h4,7-8,11-15,17-19,24H,5-6,9-10,16H2,1-3H3,(H,32,35)(H,36,37). The molecule has 0 aliphatic heterocycles. The maximum Gasteiger partial charge on any atom is 0.412 e. The maximum absolute atomic E-state index is 12.9. The molecule has 3 aromatic carbocycles. The van der Waals surface area contributed by atoms with Crippen LogP contribution in [0.5, 0.6) is 5.75 Å². The monoisotopic (exact) mass is 575 g/mol. The Labute approximate surface area is 239 Å². The van der Waals surface area contributed by atoms with E-state index in [1.54, 1.807) is 37.3 Å². The average Bonchev–Trinajstić information content (AvgIpc) is 3.57. The summed E-state index contributed by atoms with van der Waals surface area (Å²) in [4.78, 5) is 26.6. The first-order valence-corrected chi connectivity index (χ1v) is 15.0. The van der Waals surface area contributed by atoms with E-state index in [1.165, 1.54) is 24.1 Å². The lowest BCUT2D eigenvalue weighted by atomic mass is 10.0. The molecule has 5 rings (SSSR count). The lowest BCUT2D eigenvalue weighted by Gasteiger charge is -2.26. The van der Waals surface area contributed by atoms with Crippen molar-refractivity contribution >= 4 is 38.6 Å². The van der Waals surface area contributed by atoms with Gasteiger partial charge in [0.05, 0.1) is 12.0 Å². The second-order valence-corrected chi connectivity index (χ2v) is 12.1. The Morgan fingerprint density at radius 1 is 1.05 bits per heavy atom. The van der Waals surface area contributed by atoms with Gasteiger partial charge in [-0.3, -0.25) is 9.69 Å². The normalized spacial score (nSPS) is 13.8. The van der Waals surface area contributed by atoms with Crippen molar-refractivity contribution in [1.82, 2.24) is 9.29 Å². The van der Waals surface area contributed by atoms with Gasteiger partial charge < -0.3 is 14.4 Å². The molecule has 1 fully saturated rings. The number of amides is 2. The zero-order chi connectivity index (χ0) is 29.3. The van der Waals surface area contributed by atoms with Gasteiger partial charge in [-0.15, -0.1) is 0 Å². The summed E-state index contributed by atoms with van der Waals surface area (Å²) in [5.74, 6) is -0.314. The van der Waals surface area contributed by atoms with Crippen LogP contribution in [-0.4, -0.2) is 43.2 Å². The number of nitrogens with zero attached hydrogens (tertiary/aromatic N) is 2. The fraction of sp³-hybridized carbons (Fsp3) is 0.290. The third-order valence-electron chi connectivity index (χ3n) is 7.77. The molecule has 1 aliphatic carbocycles. The van der Waals surface area contributed by atoms with Crippen molar-refractivity contribution in [3.63, 3.8) is 0 Å². The Bertz CT molecular complexity index is 1740. The minimum absolute atomic E-state index is 0.0227. The SMILES string of the molecule is COc1cc(C(=O)NS(=O)(=O)c2ccccc2C)ccc1Cc1cn(C)c2ccc(N(C(=O)O)C3CCCC3)cc12. The van der Waals surface area contributed by atoms with Gasteiger partial charge in [0.15, 0.2) is 0 Å². The van der Waals surface area contributed by atoms with Crippen LogP contribution < -0.4 is 14.4 Å². The second kappa shape index (κ2) is 11.3. The molecule has 0 radical (unpaired) electrons. The van der Waals surface area contributed by atoms with Gasteiger partial charge in [0.1, 0.15) is 5.75 Å². The minimum atomic E-state index is -4.05. The molecule has 1 aromatic heterocycles. The Kier molecular flexibility index (Phi) is 7.77. The number of methoxy groups -OCH3 is 1. The molecule has 0 saturated heterocycles. The zero-order valence-electron chi connectivity index (χ0n) is 23.3. The number of nitrogens with one attached hydrogen (secondary N) is 1. The molecule has 1 aliphatic rings. The molecule has 0 bridgehead atoms. The number of hydrogen-bond acceptors (Lipinski definition) is 5. The van der Waals surface area contributed by atoms with Crippen LogP contribution in [0.2, 0.25) is 0 Å². The van der Waals surface area contributed by atoms with Crippen LogP contribution in [0.1, 0.15) is 52.7 Å². The van der Waals surface area contributed by atoms with Crippen molar-refractivity contribution in [2.75, 3.05) is 12.0 Å². The Morgan fingerprint density at radius 2 is 1.78 bits per heavy atom. The van der Waals surface area contributed by atoms with E-state index in [4.69, 9.17) is 4.74 Å². The molecule has 0 atom stereocenters. The topological polar surface area (TPSA) is 118 Å². The number of anilines is 1. The van der Waals surface area contributed by atoms with E-state index in [0.29, 0.717) is 23.4 Å². The first-order valence-electron chi connectivity index (χ1n) is 13.5. The fourth-order valence-electron chi connectivity index (χ4n) is 5.72. The van der Waals surface area contributed by atoms with Gasteiger partial charge in [-0.05, 0) is 72.9 Å². The average molecular weight is 576 g/mol. The summed E-state index contributed by atoms with van der Waals surface area (Å²) in [6, 6.07) is 17.0. The summed E-state index contributed by atoms with van der Waals surface area (Å²) >= 11 is 0. The predicted molar refractivity (Wildman–Crippen MR) is 157 cm³/mol. The van der Waals surface area contributed by atoms with Crippen LogP contribution in [0.3, 0.4) is 0 Å². The van der Waals surface area contributed by atoms with E-state index in [0.717, 1.165) is 47.7 Å². The van der Waals surface area contributed by atoms with Crippen molar-refractivity contribution in [3.8, 4) is 5.75 Å². The number of sulfonamides is 1. The fourth-order valence-corrected chi connectivity index (χ4v) is 6.94. The first kappa shape index (κ1) is 28.2. The summed E-state index contributed by atoms with van der Waals surface area (Å²) in [6.07, 6.45) is 5.28. The molecule has 9 nitrogen and oxygen atoms in total. The van der Waals surface area contributed by atoms with E-state index in [2.05, 4.69) is 4.72 Å². The third kappa shape index (κ3) is 5.65. The van der Waals surface area contributed by atoms with Gasteiger partial charge >= 0.3 is 6.09 Å². The number of carbonyl (C=O) groups is 2. The molecule has 10 heteroatoms. The third-order valence-corrected chi connectivity index (χ3v) is 9.26. The maximum atomic E-state index is 12.9. The molecular weight excluding hydrogens is 542 g/mol. The molecule has 214 valence electrons. The molecule has 41 heavy (non-hydrogen) atoms. The van der Waals surface area contributed by atoms with Crippen molar-refractivity contribution in [3.05, 3.63) is 89.1 Å². The number of ether oxygens (including phenoxy) is 1. The lowest BCUT2D eigenvalue weighted by Crippen LogP contribution is -2.37. The van der Waals surface area contributed by atoms with Crippen LogP contribution in [0, 0.1) is 6.92 Å². The highest BCUT2D eigenvalue weighted by Crippen LogP contribution is 2.34. The van der Waals surface area contributed by atoms with Crippen molar-refractivity contribution < 1.29 is 27.9 Å². The molecule has 4 aromatic rings. The number of benzene rings is 3. The molecule has 1 saturated carbocycles. The number of fused-ring (bicyclic) bond motifs is 1. The molecule has 1 heterocycles. The van der Waals surface area contributed by atoms with E-state index in [-0.39, 0.29) is 16.5 Å². The molecule has 0 spiro atoms. The van der Waals surface area contributed by atoms with Gasteiger partial charge in [-0.2, -0.15) is 0 Å². The van der Waals surface area contributed by atoms with Gasteiger partial charge in [-0.1, -0.05) is 37.1 Å². The van der Waals surface area contributed by atoms with Crippen LogP contribution in [0.4, 0.5) is 10.5 Å². The minimum Gasteiger partial charge on any atom is -0.496 e. The highest BCUT2D eigenvalue weighted by atomic mass is 32.2. The molecule has 0 unspecified atom stereocenters. The Hall–Kier alpha value is -4.31. The quantitative estimate of drug-likeness (QED) is 0.281. The summed E-state index contributed by atoms with van der Waals surface area (Å²) in [7, 11) is -0.611. The van der Waals surface area contributed by atoms with Crippen molar-refractivity contribution in [2.45, 2.75) is 50.0 Å². The van der Waals surface area contributed by atoms with Gasteiger partial charge in [-0.25, -0.2) is 17.9 Å². The first-order chi connectivity index (χ1) is 19.6. The van der Waals surface area contributed by atoms with Gasteiger partial charge in [0, 0.05) is 47.9 Å². The van der Waals surface area contributed by atoms with E-state index in [9.17, 15) is 23.1 Å². The highest BCUT2D eigenvalue weighted by molar-refractivity contribution is 7.90. The Balaban J connectivity index is 1.43. The second-order valence-electron chi connectivity index (χ2n) is 10.5. The van der Waals surface area contributed by atoms with Crippen molar-refractivity contribution in [1.29, 1.82) is 0 Å². The summed E-state index contributed by atoms with van der Waals surface area (Å²) in [5.41, 5.74) is 4.08. The van der Waals surface area contributed by atoms with Crippen molar-refractivity contribution in [2.24, 2.45) is 7.05 Å². The number of aromatic nitrogens is 1. The summed E-state index contributed by atoms with van der Waals surface area (Å²) < 4.78 is 35.4. The largest absolute Gasteiger partial charge is 0.496 e. The predicted octanol–water partition coefficient (Wildman–Crippen LogP) is 5.63. The van der Waals surface area contributed by atoms with Gasteiger partial charge in [0.2, 0.25) is 0 Å². The number of aryl methyl sites for hydroxylation is 2. The zero-order valence-corrected chi connectivity index (χ0v) is 24.1. The van der Waals surface area contributed by atoms with E-state index < -0.39 is 22.0 Å². The van der Waals surface area contributed by atoms with Crippen LogP contribution >= 0.6 is 0 Å². The van der Waals surface area contributed by atoms with E-state index in [1.807, 2.05) is 36.0 Å².